The highest BCUT2D eigenvalue weighted by Crippen LogP contribution is 2.24. The van der Waals surface area contributed by atoms with Gasteiger partial charge in [-0.15, -0.1) is 0 Å². The number of aromatic nitrogens is 2. The summed E-state index contributed by atoms with van der Waals surface area (Å²) < 4.78 is 0. The molecule has 2 heterocycles. The van der Waals surface area contributed by atoms with Crippen molar-refractivity contribution in [2.45, 2.75) is 38.9 Å². The molecule has 0 spiro atoms. The van der Waals surface area contributed by atoms with Crippen molar-refractivity contribution in [3.05, 3.63) is 89.5 Å². The standard InChI is InChI=1S/C29H32N6O2/c1-18-16-35(17-19(2)30-18)24-12-9-22(10-13-24)28(36)32-27-25-15-23(11-14-26(25)33-34-27)29(37)31-20(3)21-7-5-4-6-8-21/h4-15,18-20,30H,16-17H2,1-3H3,(H,31,37)(H2,32,33,34,36). The van der Waals surface area contributed by atoms with E-state index >= 15 is 0 Å². The van der Waals surface area contributed by atoms with Gasteiger partial charge in [-0.05, 0) is 68.8 Å². The van der Waals surface area contributed by atoms with E-state index in [2.05, 4.69) is 44.9 Å². The Bertz CT molecular complexity index is 1390. The minimum atomic E-state index is -0.255. The highest BCUT2D eigenvalue weighted by Gasteiger charge is 2.21. The molecule has 4 aromatic rings. The SMILES string of the molecule is CC1CN(c2ccc(C(=O)Nc3n[nH]c4ccc(C(=O)NC(C)c5ccccc5)cc34)cc2)CC(C)N1. The first kappa shape index (κ1) is 24.5. The zero-order valence-electron chi connectivity index (χ0n) is 21.3. The molecule has 1 aromatic heterocycles. The Morgan fingerprint density at radius 1 is 0.919 bits per heavy atom. The summed E-state index contributed by atoms with van der Waals surface area (Å²) in [4.78, 5) is 28.2. The van der Waals surface area contributed by atoms with Crippen molar-refractivity contribution in [1.29, 1.82) is 0 Å². The first-order valence-corrected chi connectivity index (χ1v) is 12.6. The molecule has 0 aliphatic carbocycles. The quantitative estimate of drug-likeness (QED) is 0.315. The van der Waals surface area contributed by atoms with Crippen LogP contribution in [-0.4, -0.2) is 47.2 Å². The molecular weight excluding hydrogens is 464 g/mol. The molecule has 0 saturated carbocycles. The molecule has 0 radical (unpaired) electrons. The van der Waals surface area contributed by atoms with Gasteiger partial charge in [-0.3, -0.25) is 14.7 Å². The lowest BCUT2D eigenvalue weighted by molar-refractivity contribution is 0.0939. The number of amides is 2. The van der Waals surface area contributed by atoms with Crippen LogP contribution < -0.4 is 20.9 Å². The Balaban J connectivity index is 1.28. The summed E-state index contributed by atoms with van der Waals surface area (Å²) in [5.74, 6) is -0.0574. The Morgan fingerprint density at radius 2 is 1.59 bits per heavy atom. The third kappa shape index (κ3) is 5.49. The van der Waals surface area contributed by atoms with Crippen LogP contribution in [0.3, 0.4) is 0 Å². The van der Waals surface area contributed by atoms with Gasteiger partial charge in [0.05, 0.1) is 11.6 Å². The first-order chi connectivity index (χ1) is 17.9. The summed E-state index contributed by atoms with van der Waals surface area (Å²) in [5, 5.41) is 17.3. The lowest BCUT2D eigenvalue weighted by atomic mass is 10.1. The van der Waals surface area contributed by atoms with Gasteiger partial charge in [-0.1, -0.05) is 30.3 Å². The summed E-state index contributed by atoms with van der Waals surface area (Å²) >= 11 is 0. The van der Waals surface area contributed by atoms with Gasteiger partial charge in [0.15, 0.2) is 5.82 Å². The van der Waals surface area contributed by atoms with Crippen LogP contribution >= 0.6 is 0 Å². The molecule has 190 valence electrons. The molecule has 0 bridgehead atoms. The fourth-order valence-electron chi connectivity index (χ4n) is 4.90. The molecular formula is C29H32N6O2. The number of nitrogens with zero attached hydrogens (tertiary/aromatic N) is 2. The molecule has 1 fully saturated rings. The second-order valence-corrected chi connectivity index (χ2v) is 9.81. The summed E-state index contributed by atoms with van der Waals surface area (Å²) in [6.45, 7) is 8.16. The number of aromatic amines is 1. The number of carbonyl (C=O) groups excluding carboxylic acids is 2. The van der Waals surface area contributed by atoms with E-state index in [1.165, 1.54) is 0 Å². The molecule has 1 saturated heterocycles. The average molecular weight is 497 g/mol. The van der Waals surface area contributed by atoms with Crippen molar-refractivity contribution in [2.24, 2.45) is 0 Å². The number of anilines is 2. The predicted molar refractivity (Wildman–Crippen MR) is 147 cm³/mol. The number of nitrogens with one attached hydrogen (secondary N) is 4. The predicted octanol–water partition coefficient (Wildman–Crippen LogP) is 4.49. The Kier molecular flexibility index (Phi) is 6.92. The molecule has 3 atom stereocenters. The highest BCUT2D eigenvalue weighted by molar-refractivity contribution is 6.09. The minimum Gasteiger partial charge on any atom is -0.368 e. The van der Waals surface area contributed by atoms with Crippen LogP contribution in [0, 0.1) is 0 Å². The van der Waals surface area contributed by atoms with Gasteiger partial charge in [0.25, 0.3) is 11.8 Å². The maximum atomic E-state index is 13.0. The van der Waals surface area contributed by atoms with Crippen molar-refractivity contribution < 1.29 is 9.59 Å². The Morgan fingerprint density at radius 3 is 2.30 bits per heavy atom. The molecule has 3 unspecified atom stereocenters. The average Bonchev–Trinajstić information content (AvgIpc) is 3.30. The molecule has 1 aliphatic rings. The zero-order valence-corrected chi connectivity index (χ0v) is 21.3. The summed E-state index contributed by atoms with van der Waals surface area (Å²) in [7, 11) is 0. The molecule has 8 heteroatoms. The van der Waals surface area contributed by atoms with Gasteiger partial charge < -0.3 is 20.9 Å². The number of benzene rings is 3. The fraction of sp³-hybridized carbons (Fsp3) is 0.276. The minimum absolute atomic E-state index is 0.136. The van der Waals surface area contributed by atoms with Crippen molar-refractivity contribution in [1.82, 2.24) is 20.8 Å². The van der Waals surface area contributed by atoms with Crippen molar-refractivity contribution >= 4 is 34.2 Å². The number of fused-ring (bicyclic) bond motifs is 1. The number of H-pyrrole nitrogens is 1. The van der Waals surface area contributed by atoms with E-state index in [0.29, 0.717) is 34.4 Å². The van der Waals surface area contributed by atoms with E-state index in [-0.39, 0.29) is 17.9 Å². The molecule has 4 N–H and O–H groups in total. The first-order valence-electron chi connectivity index (χ1n) is 12.6. The smallest absolute Gasteiger partial charge is 0.256 e. The Hall–Kier alpha value is -4.17. The van der Waals surface area contributed by atoms with Crippen LogP contribution in [0.1, 0.15) is 53.1 Å². The largest absolute Gasteiger partial charge is 0.368 e. The fourth-order valence-corrected chi connectivity index (χ4v) is 4.90. The highest BCUT2D eigenvalue weighted by atomic mass is 16.2. The third-order valence-electron chi connectivity index (χ3n) is 6.76. The lowest BCUT2D eigenvalue weighted by Crippen LogP contribution is -2.54. The van der Waals surface area contributed by atoms with Gasteiger partial charge in [0.1, 0.15) is 0 Å². The lowest BCUT2D eigenvalue weighted by Gasteiger charge is -2.37. The maximum absolute atomic E-state index is 13.0. The zero-order chi connectivity index (χ0) is 25.9. The van der Waals surface area contributed by atoms with E-state index in [0.717, 1.165) is 29.9 Å². The number of hydrogen-bond acceptors (Lipinski definition) is 5. The summed E-state index contributed by atoms with van der Waals surface area (Å²) in [6, 6.07) is 23.4. The Labute approximate surface area is 216 Å². The van der Waals surface area contributed by atoms with Gasteiger partial charge in [0, 0.05) is 47.4 Å². The molecule has 8 nitrogen and oxygen atoms in total. The maximum Gasteiger partial charge on any atom is 0.256 e. The molecule has 1 aliphatic heterocycles. The molecule has 5 rings (SSSR count). The van der Waals surface area contributed by atoms with Crippen molar-refractivity contribution in [3.63, 3.8) is 0 Å². The van der Waals surface area contributed by atoms with Gasteiger partial charge >= 0.3 is 0 Å². The number of piperazine rings is 1. The molecule has 3 aromatic carbocycles. The number of hydrogen-bond donors (Lipinski definition) is 4. The van der Waals surface area contributed by atoms with Crippen LogP contribution in [-0.2, 0) is 0 Å². The van der Waals surface area contributed by atoms with E-state index in [9.17, 15) is 9.59 Å². The number of carbonyl (C=O) groups is 2. The topological polar surface area (TPSA) is 102 Å². The van der Waals surface area contributed by atoms with Crippen LogP contribution in [0.15, 0.2) is 72.8 Å². The van der Waals surface area contributed by atoms with Crippen LogP contribution in [0.4, 0.5) is 11.5 Å². The molecule has 2 amide bonds. The van der Waals surface area contributed by atoms with E-state index in [1.54, 1.807) is 18.2 Å². The van der Waals surface area contributed by atoms with Crippen LogP contribution in [0.5, 0.6) is 0 Å². The monoisotopic (exact) mass is 496 g/mol. The number of rotatable bonds is 6. The second-order valence-electron chi connectivity index (χ2n) is 9.81. The van der Waals surface area contributed by atoms with Gasteiger partial charge in [-0.25, -0.2) is 0 Å². The summed E-state index contributed by atoms with van der Waals surface area (Å²) in [5.41, 5.74) is 3.90. The van der Waals surface area contributed by atoms with Crippen molar-refractivity contribution in [2.75, 3.05) is 23.3 Å². The van der Waals surface area contributed by atoms with E-state index < -0.39 is 0 Å². The normalized spacial score (nSPS) is 18.4. The van der Waals surface area contributed by atoms with Gasteiger partial charge in [0.2, 0.25) is 0 Å². The molecule has 37 heavy (non-hydrogen) atoms. The van der Waals surface area contributed by atoms with Crippen molar-refractivity contribution in [3.8, 4) is 0 Å². The third-order valence-corrected chi connectivity index (χ3v) is 6.76. The van der Waals surface area contributed by atoms with Crippen LogP contribution in [0.25, 0.3) is 10.9 Å². The van der Waals surface area contributed by atoms with Gasteiger partial charge in [-0.2, -0.15) is 5.10 Å². The van der Waals surface area contributed by atoms with E-state index in [1.807, 2.05) is 61.5 Å². The van der Waals surface area contributed by atoms with E-state index in [4.69, 9.17) is 0 Å². The second kappa shape index (κ2) is 10.4. The summed E-state index contributed by atoms with van der Waals surface area (Å²) in [6.07, 6.45) is 0. The van der Waals surface area contributed by atoms with Crippen LogP contribution in [0.2, 0.25) is 0 Å².